The molecule has 7 heteroatoms. The van der Waals surface area contributed by atoms with E-state index in [-0.39, 0.29) is 5.91 Å². The summed E-state index contributed by atoms with van der Waals surface area (Å²) in [5, 5.41) is 4.57. The number of aryl methyl sites for hydroxylation is 1. The topological polar surface area (TPSA) is 46.9 Å². The lowest BCUT2D eigenvalue weighted by atomic mass is 10.2. The van der Waals surface area contributed by atoms with Crippen molar-refractivity contribution in [2.24, 2.45) is 0 Å². The van der Waals surface area contributed by atoms with Gasteiger partial charge in [0.25, 0.3) is 5.91 Å². The first-order chi connectivity index (χ1) is 15.0. The number of nitrogens with one attached hydrogen (secondary N) is 1. The van der Waals surface area contributed by atoms with Crippen LogP contribution in [0, 0.1) is 0 Å². The van der Waals surface area contributed by atoms with Gasteiger partial charge in [-0.3, -0.25) is 4.79 Å². The minimum Gasteiger partial charge on any atom is -0.352 e. The molecule has 0 saturated carbocycles. The molecule has 1 amide bonds. The molecule has 0 spiro atoms. The van der Waals surface area contributed by atoms with Crippen molar-refractivity contribution < 1.29 is 4.79 Å². The number of rotatable bonds is 7. The fourth-order valence-electron chi connectivity index (χ4n) is 3.49. The van der Waals surface area contributed by atoms with E-state index < -0.39 is 0 Å². The third-order valence-corrected chi connectivity index (χ3v) is 5.98. The van der Waals surface area contributed by atoms with Crippen molar-refractivity contribution in [2.45, 2.75) is 19.4 Å². The fourth-order valence-corrected chi connectivity index (χ4v) is 4.00. The Morgan fingerprint density at radius 1 is 0.935 bits per heavy atom. The van der Waals surface area contributed by atoms with Crippen molar-refractivity contribution in [3.63, 3.8) is 0 Å². The number of hydrogen-bond donors (Lipinski definition) is 1. The van der Waals surface area contributed by atoms with Crippen molar-refractivity contribution in [2.75, 3.05) is 6.54 Å². The molecule has 0 fully saturated rings. The maximum atomic E-state index is 12.3. The van der Waals surface area contributed by atoms with Gasteiger partial charge in [0.05, 0.1) is 21.1 Å². The molecular weight excluding hydrogens is 453 g/mol. The minimum atomic E-state index is -0.133. The van der Waals surface area contributed by atoms with Crippen molar-refractivity contribution in [3.05, 3.63) is 98.7 Å². The molecule has 4 rings (SSSR count). The Balaban J connectivity index is 1.46. The van der Waals surface area contributed by atoms with Crippen LogP contribution in [-0.4, -0.2) is 22.0 Å². The van der Waals surface area contributed by atoms with Crippen LogP contribution in [0.5, 0.6) is 0 Å². The van der Waals surface area contributed by atoms with E-state index in [2.05, 4.69) is 16.0 Å². The molecule has 4 nitrogen and oxygen atoms in total. The molecule has 4 aromatic rings. The zero-order chi connectivity index (χ0) is 21.8. The van der Waals surface area contributed by atoms with Gasteiger partial charge in [0, 0.05) is 30.1 Å². The summed E-state index contributed by atoms with van der Waals surface area (Å²) in [5.74, 6) is 0.830. The maximum absolute atomic E-state index is 12.3. The summed E-state index contributed by atoms with van der Waals surface area (Å²) in [5.41, 5.74) is 3.61. The lowest BCUT2D eigenvalue weighted by Crippen LogP contribution is -2.25. The Morgan fingerprint density at radius 3 is 2.58 bits per heavy atom. The number of imidazole rings is 1. The largest absolute Gasteiger partial charge is 0.352 e. The summed E-state index contributed by atoms with van der Waals surface area (Å²) in [6.45, 7) is 1.18. The number of halogens is 3. The molecule has 158 valence electrons. The molecular formula is C24H20Cl3N3O. The lowest BCUT2D eigenvalue weighted by Gasteiger charge is -2.11. The van der Waals surface area contributed by atoms with Gasteiger partial charge in [-0.05, 0) is 54.4 Å². The zero-order valence-electron chi connectivity index (χ0n) is 16.6. The highest BCUT2D eigenvalue weighted by Gasteiger charge is 2.12. The molecule has 0 aliphatic heterocycles. The quantitative estimate of drug-likeness (QED) is 0.316. The van der Waals surface area contributed by atoms with E-state index in [4.69, 9.17) is 39.8 Å². The van der Waals surface area contributed by atoms with Crippen LogP contribution in [0.15, 0.2) is 66.7 Å². The van der Waals surface area contributed by atoms with Gasteiger partial charge in [-0.15, -0.1) is 0 Å². The predicted molar refractivity (Wildman–Crippen MR) is 127 cm³/mol. The Hall–Kier alpha value is -2.53. The molecule has 1 aromatic heterocycles. The summed E-state index contributed by atoms with van der Waals surface area (Å²) >= 11 is 18.2. The van der Waals surface area contributed by atoms with Gasteiger partial charge in [0.2, 0.25) is 0 Å². The second-order valence-electron chi connectivity index (χ2n) is 7.22. The van der Waals surface area contributed by atoms with Crippen LogP contribution in [0.2, 0.25) is 15.1 Å². The van der Waals surface area contributed by atoms with E-state index >= 15 is 0 Å². The highest BCUT2D eigenvalue weighted by atomic mass is 35.5. The summed E-state index contributed by atoms with van der Waals surface area (Å²) in [6, 6.07) is 20.6. The number of carbonyl (C=O) groups excluding carboxylic acids is 1. The number of nitrogens with zero attached hydrogens (tertiary/aromatic N) is 2. The van der Waals surface area contributed by atoms with Crippen LogP contribution in [0.3, 0.4) is 0 Å². The van der Waals surface area contributed by atoms with Crippen LogP contribution >= 0.6 is 34.8 Å². The van der Waals surface area contributed by atoms with Crippen molar-refractivity contribution in [3.8, 4) is 0 Å². The number of carbonyl (C=O) groups is 1. The second-order valence-corrected chi connectivity index (χ2v) is 8.47. The third kappa shape index (κ3) is 5.21. The predicted octanol–water partition coefficient (Wildman–Crippen LogP) is 6.41. The van der Waals surface area contributed by atoms with Gasteiger partial charge in [0.15, 0.2) is 0 Å². The van der Waals surface area contributed by atoms with Crippen LogP contribution in [0.4, 0.5) is 0 Å². The lowest BCUT2D eigenvalue weighted by molar-refractivity contribution is 0.0953. The molecule has 0 aliphatic rings. The number of para-hydroxylation sites is 2. The van der Waals surface area contributed by atoms with Crippen molar-refractivity contribution in [1.29, 1.82) is 0 Å². The molecule has 0 atom stereocenters. The summed E-state index contributed by atoms with van der Waals surface area (Å²) < 4.78 is 2.19. The summed E-state index contributed by atoms with van der Waals surface area (Å²) in [4.78, 5) is 17.1. The molecule has 1 heterocycles. The number of aromatic nitrogens is 2. The van der Waals surface area contributed by atoms with Gasteiger partial charge in [-0.1, -0.05) is 59.1 Å². The smallest absolute Gasteiger partial charge is 0.251 e. The highest BCUT2D eigenvalue weighted by Crippen LogP contribution is 2.25. The highest BCUT2D eigenvalue weighted by molar-refractivity contribution is 6.42. The van der Waals surface area contributed by atoms with E-state index in [1.165, 1.54) is 0 Å². The molecule has 0 saturated heterocycles. The third-order valence-electron chi connectivity index (χ3n) is 5.01. The molecule has 0 bridgehead atoms. The Bertz CT molecular complexity index is 1240. The van der Waals surface area contributed by atoms with E-state index in [0.29, 0.717) is 33.7 Å². The second kappa shape index (κ2) is 9.73. The standard InChI is InChI=1S/C24H20Cl3N3O/c25-18-6-3-5-17(14-18)24(31)28-12-4-9-23-29-21-7-1-2-8-22(21)30(23)15-16-10-11-19(26)20(27)13-16/h1-3,5-8,10-11,13-14H,4,9,12,15H2,(H,28,31). The Morgan fingerprint density at radius 2 is 1.77 bits per heavy atom. The zero-order valence-corrected chi connectivity index (χ0v) is 18.9. The molecule has 0 radical (unpaired) electrons. The monoisotopic (exact) mass is 471 g/mol. The van der Waals surface area contributed by atoms with Gasteiger partial charge in [0.1, 0.15) is 5.82 Å². The average molecular weight is 473 g/mol. The number of amides is 1. The molecule has 0 unspecified atom stereocenters. The molecule has 0 aliphatic carbocycles. The first kappa shape index (κ1) is 21.7. The first-order valence-electron chi connectivity index (χ1n) is 9.93. The SMILES string of the molecule is O=C(NCCCc1nc2ccccc2n1Cc1ccc(Cl)c(Cl)c1)c1cccc(Cl)c1. The van der Waals surface area contributed by atoms with Crippen molar-refractivity contribution in [1.82, 2.24) is 14.9 Å². The van der Waals surface area contributed by atoms with Crippen LogP contribution in [-0.2, 0) is 13.0 Å². The number of benzene rings is 3. The van der Waals surface area contributed by atoms with Crippen LogP contribution in [0.1, 0.15) is 28.2 Å². The average Bonchev–Trinajstić information content (AvgIpc) is 3.11. The minimum absolute atomic E-state index is 0.133. The van der Waals surface area contributed by atoms with Crippen LogP contribution in [0.25, 0.3) is 11.0 Å². The van der Waals surface area contributed by atoms with E-state index in [9.17, 15) is 4.79 Å². The van der Waals surface area contributed by atoms with Crippen LogP contribution < -0.4 is 5.32 Å². The van der Waals surface area contributed by atoms with Gasteiger partial charge >= 0.3 is 0 Å². The van der Waals surface area contributed by atoms with E-state index in [1.807, 2.05) is 36.4 Å². The number of fused-ring (bicyclic) bond motifs is 1. The van der Waals surface area contributed by atoms with E-state index in [1.54, 1.807) is 24.3 Å². The molecule has 1 N–H and O–H groups in total. The molecule has 3 aromatic carbocycles. The van der Waals surface area contributed by atoms with Gasteiger partial charge in [-0.25, -0.2) is 4.98 Å². The Kier molecular flexibility index (Phi) is 6.81. The first-order valence-corrected chi connectivity index (χ1v) is 11.1. The summed E-state index contributed by atoms with van der Waals surface area (Å²) in [7, 11) is 0. The maximum Gasteiger partial charge on any atom is 0.251 e. The van der Waals surface area contributed by atoms with Gasteiger partial charge < -0.3 is 9.88 Å². The van der Waals surface area contributed by atoms with Crippen molar-refractivity contribution >= 4 is 51.7 Å². The molecule has 31 heavy (non-hydrogen) atoms. The van der Waals surface area contributed by atoms with E-state index in [0.717, 1.165) is 35.3 Å². The summed E-state index contributed by atoms with van der Waals surface area (Å²) in [6.07, 6.45) is 1.49. The Labute approximate surface area is 195 Å². The number of hydrogen-bond acceptors (Lipinski definition) is 2. The fraction of sp³-hybridized carbons (Fsp3) is 0.167. The normalized spacial score (nSPS) is 11.1. The van der Waals surface area contributed by atoms with Gasteiger partial charge in [-0.2, -0.15) is 0 Å².